The van der Waals surface area contributed by atoms with Crippen LogP contribution in [-0.2, 0) is 9.53 Å². The van der Waals surface area contributed by atoms with Gasteiger partial charge in [-0.15, -0.1) is 0 Å². The van der Waals surface area contributed by atoms with Crippen LogP contribution in [0.3, 0.4) is 0 Å². The van der Waals surface area contributed by atoms with Gasteiger partial charge < -0.3 is 19.6 Å². The molecular formula is C24H35N3O4. The number of benzene rings is 1. The second-order valence-corrected chi connectivity index (χ2v) is 9.36. The zero-order valence-electron chi connectivity index (χ0n) is 18.7. The number of ether oxygens (including phenoxy) is 1. The number of aryl methyl sites for hydroxylation is 1. The zero-order valence-corrected chi connectivity index (χ0v) is 18.7. The topological polar surface area (TPSA) is 82.1 Å². The first kappa shape index (κ1) is 21.9. The highest BCUT2D eigenvalue weighted by atomic mass is 16.5. The lowest BCUT2D eigenvalue weighted by molar-refractivity contribution is -0.139. The molecule has 3 fully saturated rings. The van der Waals surface area contributed by atoms with Crippen LogP contribution in [0.5, 0.6) is 0 Å². The minimum Gasteiger partial charge on any atom is -0.450 e. The van der Waals surface area contributed by atoms with Gasteiger partial charge in [-0.2, -0.15) is 0 Å². The number of piperidine rings is 1. The van der Waals surface area contributed by atoms with Crippen LogP contribution in [0.15, 0.2) is 18.2 Å². The van der Waals surface area contributed by atoms with Gasteiger partial charge in [-0.25, -0.2) is 4.79 Å². The van der Waals surface area contributed by atoms with Crippen molar-refractivity contribution in [3.63, 3.8) is 0 Å². The Hall–Kier alpha value is -2.28. The predicted octanol–water partition coefficient (Wildman–Crippen LogP) is 3.69. The first-order valence-electron chi connectivity index (χ1n) is 11.7. The van der Waals surface area contributed by atoms with Crippen molar-refractivity contribution in [3.8, 4) is 0 Å². The molecular weight excluding hydrogens is 394 g/mol. The summed E-state index contributed by atoms with van der Waals surface area (Å²) in [5.41, 5.74) is 2.63. The molecule has 1 aromatic rings. The number of aliphatic hydroxyl groups excluding tert-OH is 1. The highest BCUT2D eigenvalue weighted by Gasteiger charge is 2.50. The van der Waals surface area contributed by atoms with Gasteiger partial charge >= 0.3 is 6.09 Å². The summed E-state index contributed by atoms with van der Waals surface area (Å²) in [6.07, 6.45) is 5.68. The molecule has 0 radical (unpaired) electrons. The molecule has 4 rings (SSSR count). The number of anilines is 2. The van der Waals surface area contributed by atoms with Crippen molar-refractivity contribution in [2.75, 3.05) is 36.5 Å². The molecule has 1 spiro atoms. The fourth-order valence-corrected chi connectivity index (χ4v) is 5.65. The van der Waals surface area contributed by atoms with Gasteiger partial charge in [0.25, 0.3) is 0 Å². The van der Waals surface area contributed by atoms with Crippen molar-refractivity contribution in [3.05, 3.63) is 23.8 Å². The SMILES string of the molecule is CCOC(=O)Nc1ccc(N2CCC[C@]3(CCN(C4CCC(O)CC4)C3=O)C2)c(C)c1. The van der Waals surface area contributed by atoms with Crippen molar-refractivity contribution >= 4 is 23.4 Å². The lowest BCUT2D eigenvalue weighted by Crippen LogP contribution is -2.50. The molecule has 3 aliphatic rings. The van der Waals surface area contributed by atoms with E-state index in [1.807, 2.05) is 25.1 Å². The molecule has 2 heterocycles. The lowest BCUT2D eigenvalue weighted by Gasteiger charge is -2.42. The zero-order chi connectivity index (χ0) is 22.0. The van der Waals surface area contributed by atoms with Gasteiger partial charge in [0.2, 0.25) is 5.91 Å². The minimum atomic E-state index is -0.446. The number of hydrogen-bond acceptors (Lipinski definition) is 5. The molecule has 1 saturated carbocycles. The molecule has 2 saturated heterocycles. The normalized spacial score (nSPS) is 28.8. The Labute approximate surface area is 184 Å². The molecule has 7 heteroatoms. The largest absolute Gasteiger partial charge is 0.450 e. The second kappa shape index (κ2) is 9.07. The van der Waals surface area contributed by atoms with E-state index in [4.69, 9.17) is 4.74 Å². The summed E-state index contributed by atoms with van der Waals surface area (Å²) in [5.74, 6) is 0.317. The molecule has 2 amide bonds. The maximum atomic E-state index is 13.5. The fourth-order valence-electron chi connectivity index (χ4n) is 5.65. The quantitative estimate of drug-likeness (QED) is 0.763. The Morgan fingerprint density at radius 2 is 2.00 bits per heavy atom. The minimum absolute atomic E-state index is 0.197. The van der Waals surface area contributed by atoms with Crippen molar-refractivity contribution in [1.82, 2.24) is 4.90 Å². The molecule has 2 N–H and O–H groups in total. The number of carbonyl (C=O) groups excluding carboxylic acids is 2. The molecule has 0 aromatic heterocycles. The van der Waals surface area contributed by atoms with Crippen LogP contribution < -0.4 is 10.2 Å². The summed E-state index contributed by atoms with van der Waals surface area (Å²) in [5, 5.41) is 12.6. The lowest BCUT2D eigenvalue weighted by atomic mass is 9.78. The molecule has 1 aliphatic carbocycles. The molecule has 0 bridgehead atoms. The summed E-state index contributed by atoms with van der Waals surface area (Å²) < 4.78 is 4.96. The standard InChI is InChI=1S/C24H35N3O4/c1-3-31-23(30)25-18-5-10-21(17(2)15-18)26-13-4-11-24(16-26)12-14-27(22(24)29)19-6-8-20(28)9-7-19/h5,10,15,19-20,28H,3-4,6-9,11-14,16H2,1-2H3,(H,25,30)/t19?,20?,24-/m0/s1. The monoisotopic (exact) mass is 429 g/mol. The smallest absolute Gasteiger partial charge is 0.411 e. The van der Waals surface area contributed by atoms with E-state index in [1.54, 1.807) is 6.92 Å². The van der Waals surface area contributed by atoms with Gasteiger partial charge in [0.15, 0.2) is 0 Å². The Bertz CT molecular complexity index is 821. The average Bonchev–Trinajstić information content (AvgIpc) is 3.04. The number of likely N-dealkylation sites (tertiary alicyclic amines) is 1. The summed E-state index contributed by atoms with van der Waals surface area (Å²) in [6.45, 7) is 6.70. The number of nitrogens with one attached hydrogen (secondary N) is 1. The van der Waals surface area contributed by atoms with Gasteiger partial charge in [-0.05, 0) is 82.6 Å². The summed E-state index contributed by atoms with van der Waals surface area (Å²) in [6, 6.07) is 6.19. The van der Waals surface area contributed by atoms with E-state index < -0.39 is 6.09 Å². The molecule has 170 valence electrons. The van der Waals surface area contributed by atoms with E-state index in [9.17, 15) is 14.7 Å². The number of rotatable bonds is 4. The molecule has 7 nitrogen and oxygen atoms in total. The van der Waals surface area contributed by atoms with Crippen molar-refractivity contribution in [2.45, 2.75) is 70.9 Å². The Kier molecular flexibility index (Phi) is 6.42. The van der Waals surface area contributed by atoms with Crippen LogP contribution >= 0.6 is 0 Å². The van der Waals surface area contributed by atoms with Crippen LogP contribution in [0, 0.1) is 12.3 Å². The maximum absolute atomic E-state index is 13.5. The van der Waals surface area contributed by atoms with Gasteiger partial charge in [0.1, 0.15) is 0 Å². The van der Waals surface area contributed by atoms with Crippen molar-refractivity contribution in [1.29, 1.82) is 0 Å². The Morgan fingerprint density at radius 1 is 1.23 bits per heavy atom. The average molecular weight is 430 g/mol. The number of nitrogens with zero attached hydrogens (tertiary/aromatic N) is 2. The van der Waals surface area contributed by atoms with E-state index in [0.29, 0.717) is 24.2 Å². The Morgan fingerprint density at radius 3 is 2.71 bits per heavy atom. The number of carbonyl (C=O) groups is 2. The van der Waals surface area contributed by atoms with Crippen LogP contribution in [-0.4, -0.2) is 60.4 Å². The van der Waals surface area contributed by atoms with E-state index >= 15 is 0 Å². The van der Waals surface area contributed by atoms with Crippen molar-refractivity contribution < 1.29 is 19.4 Å². The highest BCUT2D eigenvalue weighted by Crippen LogP contribution is 2.44. The predicted molar refractivity (Wildman–Crippen MR) is 120 cm³/mol. The van der Waals surface area contributed by atoms with E-state index in [0.717, 1.165) is 75.8 Å². The van der Waals surface area contributed by atoms with Crippen molar-refractivity contribution in [2.24, 2.45) is 5.41 Å². The van der Waals surface area contributed by atoms with E-state index in [2.05, 4.69) is 15.1 Å². The molecule has 0 unspecified atom stereocenters. The fraction of sp³-hybridized carbons (Fsp3) is 0.667. The van der Waals surface area contributed by atoms with Crippen LogP contribution in [0.2, 0.25) is 0 Å². The first-order chi connectivity index (χ1) is 14.9. The van der Waals surface area contributed by atoms with Gasteiger partial charge in [-0.1, -0.05) is 0 Å². The molecule has 1 atom stereocenters. The first-order valence-corrected chi connectivity index (χ1v) is 11.7. The van der Waals surface area contributed by atoms with Gasteiger partial charge in [-0.3, -0.25) is 10.1 Å². The number of aliphatic hydroxyl groups is 1. The van der Waals surface area contributed by atoms with Crippen LogP contribution in [0.25, 0.3) is 0 Å². The third kappa shape index (κ3) is 4.52. The summed E-state index contributed by atoms with van der Waals surface area (Å²) in [4.78, 5) is 29.7. The van der Waals surface area contributed by atoms with Crippen LogP contribution in [0.4, 0.5) is 16.2 Å². The van der Waals surface area contributed by atoms with Gasteiger partial charge in [0, 0.05) is 37.1 Å². The van der Waals surface area contributed by atoms with E-state index in [-0.39, 0.29) is 11.5 Å². The third-order valence-corrected chi connectivity index (χ3v) is 7.29. The molecule has 31 heavy (non-hydrogen) atoms. The summed E-state index contributed by atoms with van der Waals surface area (Å²) in [7, 11) is 0. The van der Waals surface area contributed by atoms with Crippen LogP contribution in [0.1, 0.15) is 57.4 Å². The highest BCUT2D eigenvalue weighted by molar-refractivity contribution is 5.87. The Balaban J connectivity index is 1.45. The second-order valence-electron chi connectivity index (χ2n) is 9.36. The molecule has 1 aromatic carbocycles. The third-order valence-electron chi connectivity index (χ3n) is 7.29. The maximum Gasteiger partial charge on any atom is 0.411 e. The molecule has 2 aliphatic heterocycles. The number of amides is 2. The summed E-state index contributed by atoms with van der Waals surface area (Å²) >= 11 is 0. The van der Waals surface area contributed by atoms with Gasteiger partial charge in [0.05, 0.1) is 18.1 Å². The van der Waals surface area contributed by atoms with E-state index in [1.165, 1.54) is 0 Å². The number of hydrogen-bond donors (Lipinski definition) is 2.